The number of benzene rings is 1. The first-order valence-electron chi connectivity index (χ1n) is 29.1. The Bertz CT molecular complexity index is 2130. The fourth-order valence-electron chi connectivity index (χ4n) is 11.0. The molecule has 0 saturated carbocycles. The van der Waals surface area contributed by atoms with Gasteiger partial charge in [-0.2, -0.15) is 0 Å². The fraction of sp³-hybridized carbons (Fsp3) is 0.768. The minimum absolute atomic E-state index is 0.0109. The van der Waals surface area contributed by atoms with Gasteiger partial charge in [-0.3, -0.25) is 38.9 Å². The van der Waals surface area contributed by atoms with Gasteiger partial charge in [0.15, 0.2) is 5.78 Å². The molecule has 1 aromatic rings. The SMILES string of the molecule is CCC(C)CC(C)CCCCCCCCC(=O)N[C@H]1C[C@@H](O)C(NCCCCCN)NC(=O)C2[C@@H](O)CCN2C(=O)C([C@H](O)CCN)NC(=O)C([C@H](O)[C@@H](O)c2ccc(O)cc2)CC(=O)C2C[C@@H](O)CN2C(=O)C([C@@H](C)O)NC1=O. The van der Waals surface area contributed by atoms with Crippen molar-refractivity contribution in [2.24, 2.45) is 29.2 Å². The van der Waals surface area contributed by atoms with Crippen molar-refractivity contribution in [2.45, 2.75) is 222 Å². The number of hydrogen-bond donors (Lipinski definition) is 15. The van der Waals surface area contributed by atoms with Gasteiger partial charge in [0, 0.05) is 38.8 Å². The molecule has 454 valence electrons. The molecule has 8 unspecified atom stereocenters. The molecule has 0 aliphatic carbocycles. The van der Waals surface area contributed by atoms with E-state index in [-0.39, 0.29) is 50.2 Å². The summed E-state index contributed by atoms with van der Waals surface area (Å²) in [5, 5.41) is 103. The zero-order chi connectivity index (χ0) is 59.2. The predicted octanol–water partition coefficient (Wildman–Crippen LogP) is -1.05. The lowest BCUT2D eigenvalue weighted by molar-refractivity contribution is -0.149. The van der Waals surface area contributed by atoms with Gasteiger partial charge < -0.3 is 83.4 Å². The molecule has 3 fully saturated rings. The summed E-state index contributed by atoms with van der Waals surface area (Å²) in [5.41, 5.74) is 11.5. The number of ketones is 1. The van der Waals surface area contributed by atoms with E-state index in [9.17, 15) is 74.4 Å². The molecule has 0 aromatic heterocycles. The number of nitrogens with two attached hydrogens (primary N) is 2. The number of nitrogens with zero attached hydrogens (tertiary/aromatic N) is 2. The van der Waals surface area contributed by atoms with E-state index in [0.717, 1.165) is 54.7 Å². The van der Waals surface area contributed by atoms with Crippen molar-refractivity contribution in [1.82, 2.24) is 36.4 Å². The number of fused-ring (bicyclic) bond motifs is 2. The molecule has 4 rings (SSSR count). The lowest BCUT2D eigenvalue weighted by atomic mass is 9.86. The molecule has 80 heavy (non-hydrogen) atoms. The number of carbonyl (C=O) groups is 7. The second-order valence-electron chi connectivity index (χ2n) is 22.6. The summed E-state index contributed by atoms with van der Waals surface area (Å²) < 4.78 is 0. The lowest BCUT2D eigenvalue weighted by Crippen LogP contribution is -2.63. The second-order valence-corrected chi connectivity index (χ2v) is 22.6. The van der Waals surface area contributed by atoms with Crippen LogP contribution in [0.5, 0.6) is 5.75 Å². The van der Waals surface area contributed by atoms with Crippen LogP contribution in [0.3, 0.4) is 0 Å². The number of phenolic OH excluding ortho intramolecular Hbond substituents is 1. The van der Waals surface area contributed by atoms with Crippen LogP contribution in [0.2, 0.25) is 0 Å². The quantitative estimate of drug-likeness (QED) is 0.0492. The molecule has 3 aliphatic heterocycles. The number of carbonyl (C=O) groups excluding carboxylic acids is 7. The fourth-order valence-corrected chi connectivity index (χ4v) is 11.0. The monoisotopic (exact) mass is 1130 g/mol. The number of unbranched alkanes of at least 4 members (excludes halogenated alkanes) is 7. The van der Waals surface area contributed by atoms with Crippen molar-refractivity contribution in [2.75, 3.05) is 32.7 Å². The van der Waals surface area contributed by atoms with E-state index in [1.54, 1.807) is 0 Å². The zero-order valence-electron chi connectivity index (χ0n) is 47.3. The molecule has 17 N–H and O–H groups in total. The summed E-state index contributed by atoms with van der Waals surface area (Å²) in [5.74, 6) is -7.83. The first-order chi connectivity index (χ1) is 38.0. The number of aliphatic hydroxyl groups excluding tert-OH is 7. The molecule has 0 radical (unpaired) electrons. The summed E-state index contributed by atoms with van der Waals surface area (Å²) >= 11 is 0. The van der Waals surface area contributed by atoms with Gasteiger partial charge in [-0.05, 0) is 94.6 Å². The average Bonchev–Trinajstić information content (AvgIpc) is 4.12. The maximum absolute atomic E-state index is 14.7. The van der Waals surface area contributed by atoms with Crippen molar-refractivity contribution in [3.63, 3.8) is 0 Å². The molecule has 1 aromatic carbocycles. The molecule has 3 saturated heterocycles. The van der Waals surface area contributed by atoms with Crippen LogP contribution in [0.4, 0.5) is 0 Å². The van der Waals surface area contributed by atoms with Crippen molar-refractivity contribution >= 4 is 41.2 Å². The third-order valence-corrected chi connectivity index (χ3v) is 15.9. The van der Waals surface area contributed by atoms with Gasteiger partial charge in [-0.1, -0.05) is 84.3 Å². The summed E-state index contributed by atoms with van der Waals surface area (Å²) in [6.07, 6.45) is -5.50. The number of hydrogen-bond acceptors (Lipinski definition) is 18. The van der Waals surface area contributed by atoms with E-state index in [2.05, 4.69) is 47.4 Å². The van der Waals surface area contributed by atoms with E-state index in [1.165, 1.54) is 37.6 Å². The molecule has 24 nitrogen and oxygen atoms in total. The van der Waals surface area contributed by atoms with E-state index < -0.39 is 152 Å². The van der Waals surface area contributed by atoms with Crippen molar-refractivity contribution in [3.8, 4) is 5.75 Å². The van der Waals surface area contributed by atoms with E-state index in [0.29, 0.717) is 44.1 Å². The summed E-state index contributed by atoms with van der Waals surface area (Å²) in [6, 6.07) is -3.80. The molecule has 6 amide bonds. The second kappa shape index (κ2) is 33.9. The van der Waals surface area contributed by atoms with Crippen LogP contribution >= 0.6 is 0 Å². The zero-order valence-corrected chi connectivity index (χ0v) is 47.3. The Morgan fingerprint density at radius 3 is 2.01 bits per heavy atom. The van der Waals surface area contributed by atoms with Crippen LogP contribution in [0.1, 0.15) is 155 Å². The Morgan fingerprint density at radius 1 is 0.725 bits per heavy atom. The van der Waals surface area contributed by atoms with Gasteiger partial charge in [-0.25, -0.2) is 0 Å². The Balaban J connectivity index is 1.75. The highest BCUT2D eigenvalue weighted by molar-refractivity contribution is 5.98. The molecule has 0 bridgehead atoms. The molecule has 24 heteroatoms. The van der Waals surface area contributed by atoms with Crippen LogP contribution in [0.25, 0.3) is 0 Å². The largest absolute Gasteiger partial charge is 0.508 e. The first kappa shape index (κ1) is 67.6. The molecule has 0 spiro atoms. The van der Waals surface area contributed by atoms with Crippen molar-refractivity contribution in [3.05, 3.63) is 29.8 Å². The normalized spacial score (nSPS) is 28.1. The molecule has 3 aliphatic rings. The minimum atomic E-state index is -2.17. The Morgan fingerprint density at radius 2 is 1.36 bits per heavy atom. The summed E-state index contributed by atoms with van der Waals surface area (Å²) in [7, 11) is 0. The van der Waals surface area contributed by atoms with Gasteiger partial charge in [0.25, 0.3) is 0 Å². The molecule has 16 atom stereocenters. The Kier molecular flexibility index (Phi) is 28.6. The molecular formula is C56H95N9O15. The van der Waals surface area contributed by atoms with E-state index in [4.69, 9.17) is 11.5 Å². The maximum Gasteiger partial charge on any atom is 0.248 e. The van der Waals surface area contributed by atoms with Gasteiger partial charge in [0.1, 0.15) is 42.2 Å². The van der Waals surface area contributed by atoms with Crippen LogP contribution in [-0.2, 0) is 33.6 Å². The molecule has 3 heterocycles. The van der Waals surface area contributed by atoms with Crippen LogP contribution < -0.4 is 38.1 Å². The van der Waals surface area contributed by atoms with Crippen molar-refractivity contribution in [1.29, 1.82) is 0 Å². The Hall–Kier alpha value is -4.89. The van der Waals surface area contributed by atoms with Crippen molar-refractivity contribution < 1.29 is 74.4 Å². The number of nitrogens with one attached hydrogen (secondary N) is 5. The Labute approximate surface area is 470 Å². The van der Waals surface area contributed by atoms with Crippen LogP contribution in [0.15, 0.2) is 24.3 Å². The number of amides is 6. The highest BCUT2D eigenvalue weighted by Gasteiger charge is 2.49. The number of Topliss-reactive ketones (excluding diaryl/α,β-unsaturated/α-hetero) is 1. The van der Waals surface area contributed by atoms with E-state index in [1.807, 2.05) is 0 Å². The topological polar surface area (TPSA) is 400 Å². The minimum Gasteiger partial charge on any atom is -0.508 e. The third-order valence-electron chi connectivity index (χ3n) is 15.9. The first-order valence-corrected chi connectivity index (χ1v) is 29.1. The smallest absolute Gasteiger partial charge is 0.248 e. The van der Waals surface area contributed by atoms with Gasteiger partial charge in [-0.15, -0.1) is 0 Å². The summed E-state index contributed by atoms with van der Waals surface area (Å²) in [4.78, 5) is 103. The van der Waals surface area contributed by atoms with Gasteiger partial charge >= 0.3 is 0 Å². The number of aliphatic hydroxyl groups is 7. The number of rotatable bonds is 26. The lowest BCUT2D eigenvalue weighted by Gasteiger charge is -2.34. The number of phenols is 1. The van der Waals surface area contributed by atoms with Gasteiger partial charge in [0.05, 0.1) is 48.6 Å². The predicted molar refractivity (Wildman–Crippen MR) is 295 cm³/mol. The van der Waals surface area contributed by atoms with E-state index >= 15 is 0 Å². The summed E-state index contributed by atoms with van der Waals surface area (Å²) in [6.45, 7) is 7.51. The standard InChI is InChI=1S/C56H95N9O15/c1-5-32(2)27-33(3)15-11-8-6-7-9-12-16-45(73)60-39-30-44(72)51(59-25-14-10-13-23-57)63-54(78)48-42(70)22-26-64(48)56(80)47(41(69)21-24-58)62-52(76)38(50(75)49(74)35-17-19-36(67)20-18-35)29-43(71)40-28-37(68)31-65(40)55(79)46(34(4)66)61-53(39)77/h17-20,32-34,37-42,44,46-51,59,66-70,72,74-75H,5-16,21-31,57-58H2,1-4H3,(H,60,73)(H,61,77)(H,62,76)(H,63,78)/t32?,33?,34-,37-,38?,39+,40?,41-,42+,44-,46?,47?,48?,49+,50+,51?/m1/s1. The van der Waals surface area contributed by atoms with Crippen LogP contribution in [-0.4, -0.2) is 198 Å². The van der Waals surface area contributed by atoms with Gasteiger partial charge in [0.2, 0.25) is 35.4 Å². The highest BCUT2D eigenvalue weighted by Crippen LogP contribution is 2.31. The third kappa shape index (κ3) is 20.2. The number of aromatic hydroxyl groups is 1. The average molecular weight is 1130 g/mol. The van der Waals surface area contributed by atoms with Crippen LogP contribution in [0, 0.1) is 17.8 Å². The molecular weight excluding hydrogens is 1040 g/mol. The maximum atomic E-state index is 14.7. The highest BCUT2D eigenvalue weighted by atomic mass is 16.3.